The first-order valence-electron chi connectivity index (χ1n) is 5.59. The zero-order valence-corrected chi connectivity index (χ0v) is 9.79. The van der Waals surface area contributed by atoms with Crippen LogP contribution in [0.5, 0.6) is 0 Å². The summed E-state index contributed by atoms with van der Waals surface area (Å²) in [5, 5.41) is 0. The number of H-pyrrole nitrogens is 1. The van der Waals surface area contributed by atoms with Crippen molar-refractivity contribution in [2.75, 3.05) is 13.1 Å². The van der Waals surface area contributed by atoms with Gasteiger partial charge in [-0.05, 0) is 32.0 Å². The highest BCUT2D eigenvalue weighted by Crippen LogP contribution is 2.05. The number of likely N-dealkylation sites (N-methyl/N-ethyl adjacent to an activating group) is 1. The summed E-state index contributed by atoms with van der Waals surface area (Å²) in [6.45, 7) is 7.82. The molecule has 15 heavy (non-hydrogen) atoms. The summed E-state index contributed by atoms with van der Waals surface area (Å²) in [7, 11) is 0. The number of Topliss-reactive ketones (excluding diaryl/α,β-unsaturated/α-hetero) is 1. The Morgan fingerprint density at radius 3 is 2.73 bits per heavy atom. The molecule has 1 aromatic heterocycles. The molecule has 0 bridgehead atoms. The van der Waals surface area contributed by atoms with Crippen LogP contribution in [-0.2, 0) is 0 Å². The first-order valence-corrected chi connectivity index (χ1v) is 5.59. The molecule has 1 aromatic rings. The molecular formula is C12H20N2O. The van der Waals surface area contributed by atoms with Gasteiger partial charge in [0, 0.05) is 12.2 Å². The van der Waals surface area contributed by atoms with Gasteiger partial charge < -0.3 is 4.98 Å². The van der Waals surface area contributed by atoms with E-state index in [0.29, 0.717) is 18.3 Å². The molecule has 0 fully saturated rings. The Balaban J connectivity index is 2.56. The topological polar surface area (TPSA) is 36.1 Å². The van der Waals surface area contributed by atoms with E-state index in [1.807, 2.05) is 12.1 Å². The van der Waals surface area contributed by atoms with Crippen LogP contribution in [0.15, 0.2) is 18.3 Å². The summed E-state index contributed by atoms with van der Waals surface area (Å²) in [6.07, 6.45) is 2.86. The number of rotatable bonds is 6. The number of aromatic amines is 1. The molecule has 1 atom stereocenters. The van der Waals surface area contributed by atoms with E-state index >= 15 is 0 Å². The minimum Gasteiger partial charge on any atom is -0.359 e. The number of ketones is 1. The summed E-state index contributed by atoms with van der Waals surface area (Å²) < 4.78 is 0. The Hall–Kier alpha value is -1.09. The van der Waals surface area contributed by atoms with Gasteiger partial charge in [0.25, 0.3) is 0 Å². The number of nitrogens with zero attached hydrogens (tertiary/aromatic N) is 1. The molecule has 0 amide bonds. The lowest BCUT2D eigenvalue weighted by molar-refractivity contribution is 0.0898. The van der Waals surface area contributed by atoms with Crippen LogP contribution in [0.4, 0.5) is 0 Å². The first-order chi connectivity index (χ1) is 7.19. The van der Waals surface area contributed by atoms with E-state index in [0.717, 1.165) is 13.0 Å². The Labute approximate surface area is 91.5 Å². The van der Waals surface area contributed by atoms with Crippen molar-refractivity contribution in [3.63, 3.8) is 0 Å². The van der Waals surface area contributed by atoms with Crippen LogP contribution in [0.2, 0.25) is 0 Å². The predicted molar refractivity (Wildman–Crippen MR) is 62.1 cm³/mol. The van der Waals surface area contributed by atoms with E-state index in [2.05, 4.69) is 30.7 Å². The maximum absolute atomic E-state index is 11.8. The number of carbonyl (C=O) groups excluding carboxylic acids is 1. The van der Waals surface area contributed by atoms with Gasteiger partial charge >= 0.3 is 0 Å². The van der Waals surface area contributed by atoms with Gasteiger partial charge in [-0.1, -0.05) is 13.8 Å². The maximum atomic E-state index is 11.8. The molecular weight excluding hydrogens is 188 g/mol. The molecule has 1 unspecified atom stereocenters. The number of carbonyl (C=O) groups is 1. The van der Waals surface area contributed by atoms with Crippen molar-refractivity contribution >= 4 is 5.78 Å². The minimum atomic E-state index is 0.169. The normalized spacial score (nSPS) is 13.1. The van der Waals surface area contributed by atoms with Crippen LogP contribution >= 0.6 is 0 Å². The molecule has 1 N–H and O–H groups in total. The summed E-state index contributed by atoms with van der Waals surface area (Å²) in [4.78, 5) is 17.0. The van der Waals surface area contributed by atoms with Gasteiger partial charge in [0.2, 0.25) is 0 Å². The molecule has 0 aliphatic rings. The second kappa shape index (κ2) is 5.71. The smallest absolute Gasteiger partial charge is 0.192 e. The standard InChI is InChI=1S/C12H20N2O/c1-4-10(3)14(5-2)9-12(15)11-7-6-8-13-11/h6-8,10,13H,4-5,9H2,1-3H3. The van der Waals surface area contributed by atoms with Crippen molar-refractivity contribution in [3.8, 4) is 0 Å². The number of hydrogen-bond donors (Lipinski definition) is 1. The molecule has 0 aromatic carbocycles. The van der Waals surface area contributed by atoms with Gasteiger partial charge in [-0.3, -0.25) is 9.69 Å². The number of nitrogens with one attached hydrogen (secondary N) is 1. The van der Waals surface area contributed by atoms with Crippen LogP contribution in [0.25, 0.3) is 0 Å². The van der Waals surface area contributed by atoms with E-state index < -0.39 is 0 Å². The Morgan fingerprint density at radius 1 is 1.53 bits per heavy atom. The number of aromatic nitrogens is 1. The largest absolute Gasteiger partial charge is 0.359 e. The second-order valence-corrected chi connectivity index (χ2v) is 3.83. The molecule has 1 rings (SSSR count). The first kappa shape index (κ1) is 12.0. The fourth-order valence-corrected chi connectivity index (χ4v) is 1.61. The Kier molecular flexibility index (Phi) is 4.56. The minimum absolute atomic E-state index is 0.169. The lowest BCUT2D eigenvalue weighted by atomic mass is 10.2. The molecule has 0 saturated heterocycles. The van der Waals surface area contributed by atoms with E-state index in [-0.39, 0.29) is 5.78 Å². The van der Waals surface area contributed by atoms with Gasteiger partial charge in [-0.2, -0.15) is 0 Å². The lowest BCUT2D eigenvalue weighted by Gasteiger charge is -2.25. The van der Waals surface area contributed by atoms with Crippen molar-refractivity contribution in [2.45, 2.75) is 33.2 Å². The lowest BCUT2D eigenvalue weighted by Crippen LogP contribution is -2.36. The van der Waals surface area contributed by atoms with Crippen LogP contribution in [0.3, 0.4) is 0 Å². The third-order valence-corrected chi connectivity index (χ3v) is 2.87. The highest BCUT2D eigenvalue weighted by molar-refractivity contribution is 5.95. The van der Waals surface area contributed by atoms with Crippen molar-refractivity contribution in [3.05, 3.63) is 24.0 Å². The summed E-state index contributed by atoms with van der Waals surface area (Å²) in [5.41, 5.74) is 0.705. The van der Waals surface area contributed by atoms with Gasteiger partial charge in [-0.25, -0.2) is 0 Å². The molecule has 3 heteroatoms. The van der Waals surface area contributed by atoms with Crippen molar-refractivity contribution in [2.24, 2.45) is 0 Å². The summed E-state index contributed by atoms with van der Waals surface area (Å²) in [6, 6.07) is 4.15. The molecule has 0 saturated carbocycles. The van der Waals surface area contributed by atoms with E-state index in [4.69, 9.17) is 0 Å². The van der Waals surface area contributed by atoms with Crippen molar-refractivity contribution in [1.29, 1.82) is 0 Å². The fraction of sp³-hybridized carbons (Fsp3) is 0.583. The van der Waals surface area contributed by atoms with Crippen molar-refractivity contribution in [1.82, 2.24) is 9.88 Å². The van der Waals surface area contributed by atoms with Crippen LogP contribution in [-0.4, -0.2) is 34.8 Å². The summed E-state index contributed by atoms with van der Waals surface area (Å²) >= 11 is 0. The van der Waals surface area contributed by atoms with E-state index in [9.17, 15) is 4.79 Å². The average molecular weight is 208 g/mol. The van der Waals surface area contributed by atoms with Crippen LogP contribution < -0.4 is 0 Å². The molecule has 0 spiro atoms. The van der Waals surface area contributed by atoms with Gasteiger partial charge in [0.1, 0.15) is 0 Å². The quantitative estimate of drug-likeness (QED) is 0.728. The third kappa shape index (κ3) is 3.20. The Morgan fingerprint density at radius 2 is 2.27 bits per heavy atom. The van der Waals surface area contributed by atoms with Crippen LogP contribution in [0, 0.1) is 0 Å². The third-order valence-electron chi connectivity index (χ3n) is 2.87. The van der Waals surface area contributed by atoms with Gasteiger partial charge in [0.15, 0.2) is 5.78 Å². The molecule has 0 aliphatic heterocycles. The van der Waals surface area contributed by atoms with Crippen LogP contribution in [0.1, 0.15) is 37.7 Å². The van der Waals surface area contributed by atoms with E-state index in [1.165, 1.54) is 0 Å². The average Bonchev–Trinajstić information content (AvgIpc) is 2.77. The fourth-order valence-electron chi connectivity index (χ4n) is 1.61. The molecule has 0 aliphatic carbocycles. The zero-order chi connectivity index (χ0) is 11.3. The molecule has 1 heterocycles. The molecule has 3 nitrogen and oxygen atoms in total. The maximum Gasteiger partial charge on any atom is 0.192 e. The monoisotopic (exact) mass is 208 g/mol. The Bertz CT molecular complexity index is 293. The zero-order valence-electron chi connectivity index (χ0n) is 9.79. The summed E-state index contributed by atoms with van der Waals surface area (Å²) in [5.74, 6) is 0.169. The number of hydrogen-bond acceptors (Lipinski definition) is 2. The molecule has 0 radical (unpaired) electrons. The van der Waals surface area contributed by atoms with Crippen molar-refractivity contribution < 1.29 is 4.79 Å². The molecule has 84 valence electrons. The highest BCUT2D eigenvalue weighted by Gasteiger charge is 2.15. The SMILES string of the molecule is CCC(C)N(CC)CC(=O)c1ccc[nH]1. The van der Waals surface area contributed by atoms with Gasteiger partial charge in [0.05, 0.1) is 12.2 Å². The van der Waals surface area contributed by atoms with E-state index in [1.54, 1.807) is 6.20 Å². The highest BCUT2D eigenvalue weighted by atomic mass is 16.1. The predicted octanol–water partition coefficient (Wildman–Crippen LogP) is 2.32. The second-order valence-electron chi connectivity index (χ2n) is 3.83. The van der Waals surface area contributed by atoms with Gasteiger partial charge in [-0.15, -0.1) is 0 Å².